The van der Waals surface area contributed by atoms with E-state index < -0.39 is 10.0 Å². The Bertz CT molecular complexity index is 955. The molecule has 0 aliphatic rings. The van der Waals surface area contributed by atoms with E-state index in [4.69, 9.17) is 11.6 Å². The minimum absolute atomic E-state index is 0.0914. The van der Waals surface area contributed by atoms with E-state index in [0.717, 1.165) is 0 Å². The first-order chi connectivity index (χ1) is 11.4. The molecule has 24 heavy (non-hydrogen) atoms. The number of anilines is 1. The van der Waals surface area contributed by atoms with Crippen LogP contribution in [0.15, 0.2) is 65.8 Å². The van der Waals surface area contributed by atoms with Crippen LogP contribution < -0.4 is 4.72 Å². The largest absolute Gasteiger partial charge is 0.276 e. The van der Waals surface area contributed by atoms with Gasteiger partial charge in [0, 0.05) is 16.8 Å². The lowest BCUT2D eigenvalue weighted by molar-refractivity contribution is 0.585. The molecule has 0 bridgehead atoms. The third-order valence-corrected chi connectivity index (χ3v) is 4.95. The van der Waals surface area contributed by atoms with Gasteiger partial charge in [0.2, 0.25) is 0 Å². The summed E-state index contributed by atoms with van der Waals surface area (Å²) in [6, 6.07) is 12.2. The number of nitrogens with one attached hydrogen (secondary N) is 1. The van der Waals surface area contributed by atoms with E-state index in [0.29, 0.717) is 16.3 Å². The molecule has 3 aromatic rings. The van der Waals surface area contributed by atoms with Crippen LogP contribution in [0.5, 0.6) is 0 Å². The average molecular weight is 366 g/mol. The third-order valence-electron chi connectivity index (χ3n) is 3.30. The summed E-state index contributed by atoms with van der Waals surface area (Å²) in [5.74, 6) is -0.337. The van der Waals surface area contributed by atoms with E-state index in [-0.39, 0.29) is 17.3 Å². The molecule has 0 saturated heterocycles. The van der Waals surface area contributed by atoms with E-state index in [2.05, 4.69) is 9.82 Å². The minimum atomic E-state index is -3.73. The molecule has 0 saturated carbocycles. The number of sulfonamides is 1. The van der Waals surface area contributed by atoms with Gasteiger partial charge < -0.3 is 0 Å². The first-order valence-electron chi connectivity index (χ1n) is 6.98. The number of aromatic nitrogens is 2. The van der Waals surface area contributed by atoms with Gasteiger partial charge >= 0.3 is 0 Å². The van der Waals surface area contributed by atoms with E-state index in [1.807, 2.05) is 0 Å². The van der Waals surface area contributed by atoms with Gasteiger partial charge in [-0.25, -0.2) is 12.8 Å². The molecule has 1 heterocycles. The van der Waals surface area contributed by atoms with E-state index in [1.165, 1.54) is 47.4 Å². The smallest absolute Gasteiger partial charge is 0.261 e. The van der Waals surface area contributed by atoms with E-state index in [1.54, 1.807) is 18.2 Å². The van der Waals surface area contributed by atoms with E-state index >= 15 is 0 Å². The summed E-state index contributed by atoms with van der Waals surface area (Å²) in [5.41, 5.74) is 0.758. The topological polar surface area (TPSA) is 64.0 Å². The molecule has 8 heteroatoms. The maximum atomic E-state index is 13.6. The zero-order valence-corrected chi connectivity index (χ0v) is 13.9. The molecule has 0 atom stereocenters. The minimum Gasteiger partial charge on any atom is -0.276 e. The predicted molar refractivity (Wildman–Crippen MR) is 90.0 cm³/mol. The van der Waals surface area contributed by atoms with Crippen molar-refractivity contribution < 1.29 is 12.8 Å². The Balaban J connectivity index is 1.76. The molecule has 2 aromatic carbocycles. The Morgan fingerprint density at radius 1 is 1.12 bits per heavy atom. The molecule has 0 fully saturated rings. The maximum Gasteiger partial charge on any atom is 0.261 e. The summed E-state index contributed by atoms with van der Waals surface area (Å²) in [6.07, 6.45) is 2.87. The zero-order valence-electron chi connectivity index (χ0n) is 12.4. The van der Waals surface area contributed by atoms with Crippen molar-refractivity contribution in [2.24, 2.45) is 0 Å². The molecule has 0 radical (unpaired) electrons. The lowest BCUT2D eigenvalue weighted by atomic mass is 10.2. The Labute approximate surface area is 143 Å². The standard InChI is InChI=1S/C16H13ClFN3O2S/c17-13-5-7-15(8-6-13)24(22,23)20-14-9-19-21(11-14)10-12-3-1-2-4-16(12)18/h1-9,11,20H,10H2. The summed E-state index contributed by atoms with van der Waals surface area (Å²) in [4.78, 5) is 0.0914. The van der Waals surface area contributed by atoms with Crippen LogP contribution in [0.4, 0.5) is 10.1 Å². The van der Waals surface area contributed by atoms with Gasteiger partial charge in [0.15, 0.2) is 0 Å². The van der Waals surface area contributed by atoms with Gasteiger partial charge in [-0.3, -0.25) is 9.40 Å². The highest BCUT2D eigenvalue weighted by Crippen LogP contribution is 2.18. The number of hydrogen-bond donors (Lipinski definition) is 1. The second kappa shape index (κ2) is 6.62. The fourth-order valence-corrected chi connectivity index (χ4v) is 3.29. The van der Waals surface area contributed by atoms with Gasteiger partial charge in [-0.1, -0.05) is 29.8 Å². The van der Waals surface area contributed by atoms with Crippen LogP contribution in [0.25, 0.3) is 0 Å². The molecular weight excluding hydrogens is 353 g/mol. The lowest BCUT2D eigenvalue weighted by Gasteiger charge is -2.06. The summed E-state index contributed by atoms with van der Waals surface area (Å²) in [5, 5.41) is 4.50. The highest BCUT2D eigenvalue weighted by molar-refractivity contribution is 7.92. The van der Waals surface area contributed by atoms with Crippen molar-refractivity contribution in [3.05, 3.63) is 77.3 Å². The summed E-state index contributed by atoms with van der Waals surface area (Å²) < 4.78 is 42.1. The molecule has 0 aliphatic carbocycles. The molecular formula is C16H13ClFN3O2S. The summed E-state index contributed by atoms with van der Waals surface area (Å²) in [6.45, 7) is 0.204. The SMILES string of the molecule is O=S(=O)(Nc1cnn(Cc2ccccc2F)c1)c1ccc(Cl)cc1. The monoisotopic (exact) mass is 365 g/mol. The van der Waals surface area contributed by atoms with Crippen molar-refractivity contribution in [1.29, 1.82) is 0 Å². The molecule has 3 rings (SSSR count). The van der Waals surface area contributed by atoms with Crippen molar-refractivity contribution in [3.8, 4) is 0 Å². The quantitative estimate of drug-likeness (QED) is 0.752. The second-order valence-electron chi connectivity index (χ2n) is 5.08. The first kappa shape index (κ1) is 16.5. The van der Waals surface area contributed by atoms with Gasteiger partial charge in [0.25, 0.3) is 10.0 Å². The van der Waals surface area contributed by atoms with Crippen molar-refractivity contribution in [2.75, 3.05) is 4.72 Å². The van der Waals surface area contributed by atoms with Crippen LogP contribution in [0.1, 0.15) is 5.56 Å². The number of benzene rings is 2. The van der Waals surface area contributed by atoms with Crippen LogP contribution in [0.2, 0.25) is 5.02 Å². The highest BCUT2D eigenvalue weighted by atomic mass is 35.5. The summed E-state index contributed by atoms with van der Waals surface area (Å²) >= 11 is 5.76. The van der Waals surface area contributed by atoms with Crippen LogP contribution in [-0.4, -0.2) is 18.2 Å². The van der Waals surface area contributed by atoms with Gasteiger partial charge in [0.05, 0.1) is 23.3 Å². The lowest BCUT2D eigenvalue weighted by Crippen LogP contribution is -2.12. The maximum absolute atomic E-state index is 13.6. The van der Waals surface area contributed by atoms with Crippen molar-refractivity contribution in [3.63, 3.8) is 0 Å². The fourth-order valence-electron chi connectivity index (χ4n) is 2.13. The molecule has 0 unspecified atom stereocenters. The van der Waals surface area contributed by atoms with E-state index in [9.17, 15) is 12.8 Å². The summed E-state index contributed by atoms with van der Waals surface area (Å²) in [7, 11) is -3.73. The molecule has 0 spiro atoms. The normalized spacial score (nSPS) is 11.4. The van der Waals surface area contributed by atoms with Crippen LogP contribution in [0, 0.1) is 5.82 Å². The van der Waals surface area contributed by atoms with Gasteiger partial charge in [-0.15, -0.1) is 0 Å². The van der Waals surface area contributed by atoms with Crippen molar-refractivity contribution in [1.82, 2.24) is 9.78 Å². The van der Waals surface area contributed by atoms with Gasteiger partial charge in [-0.05, 0) is 30.3 Å². The molecule has 1 aromatic heterocycles. The van der Waals surface area contributed by atoms with Crippen molar-refractivity contribution >= 4 is 27.3 Å². The number of hydrogen-bond acceptors (Lipinski definition) is 3. The van der Waals surface area contributed by atoms with Crippen LogP contribution >= 0.6 is 11.6 Å². The molecule has 5 nitrogen and oxygen atoms in total. The number of rotatable bonds is 5. The number of halogens is 2. The average Bonchev–Trinajstić information content (AvgIpc) is 2.96. The van der Waals surface area contributed by atoms with Crippen LogP contribution in [0.3, 0.4) is 0 Å². The zero-order chi connectivity index (χ0) is 17.2. The Morgan fingerprint density at radius 2 is 1.83 bits per heavy atom. The number of nitrogens with zero attached hydrogens (tertiary/aromatic N) is 2. The molecule has 1 N–H and O–H groups in total. The van der Waals surface area contributed by atoms with Crippen LogP contribution in [-0.2, 0) is 16.6 Å². The molecule has 0 amide bonds. The van der Waals surface area contributed by atoms with Gasteiger partial charge in [-0.2, -0.15) is 5.10 Å². The highest BCUT2D eigenvalue weighted by Gasteiger charge is 2.15. The molecule has 124 valence electrons. The Hall–Kier alpha value is -2.38. The van der Waals surface area contributed by atoms with Crippen molar-refractivity contribution in [2.45, 2.75) is 11.4 Å². The van der Waals surface area contributed by atoms with Gasteiger partial charge in [0.1, 0.15) is 5.82 Å². The Morgan fingerprint density at radius 3 is 2.54 bits per heavy atom. The first-order valence-corrected chi connectivity index (χ1v) is 8.84. The predicted octanol–water partition coefficient (Wildman–Crippen LogP) is 3.52. The third kappa shape index (κ3) is 3.74. The fraction of sp³-hybridized carbons (Fsp3) is 0.0625. The second-order valence-corrected chi connectivity index (χ2v) is 7.20. The molecule has 0 aliphatic heterocycles. The Kier molecular flexibility index (Phi) is 4.55.